The van der Waals surface area contributed by atoms with E-state index < -0.39 is 17.2 Å². The second-order valence-corrected chi connectivity index (χ2v) is 5.68. The lowest BCUT2D eigenvalue weighted by Crippen LogP contribution is -2.32. The van der Waals surface area contributed by atoms with E-state index in [4.69, 9.17) is 17.3 Å². The minimum atomic E-state index is -4.61. The summed E-state index contributed by atoms with van der Waals surface area (Å²) in [6.07, 6.45) is -0.204. The smallest absolute Gasteiger partial charge is 0.404 e. The molecular formula is C14H17ClF3N5. The number of halogens is 4. The average molecular weight is 348 g/mol. The van der Waals surface area contributed by atoms with Crippen LogP contribution in [-0.2, 0) is 6.18 Å². The van der Waals surface area contributed by atoms with Gasteiger partial charge in [-0.05, 0) is 50.6 Å². The molecule has 1 aromatic rings. The highest BCUT2D eigenvalue weighted by atomic mass is 35.5. The molecule has 0 radical (unpaired) electrons. The van der Waals surface area contributed by atoms with E-state index in [-0.39, 0.29) is 17.3 Å². The van der Waals surface area contributed by atoms with Gasteiger partial charge in [-0.15, -0.1) is 0 Å². The first-order valence-electron chi connectivity index (χ1n) is 7.05. The molecule has 5 nitrogen and oxygen atoms in total. The number of alkyl halides is 3. The van der Waals surface area contributed by atoms with Gasteiger partial charge in [0.25, 0.3) is 0 Å². The zero-order valence-electron chi connectivity index (χ0n) is 12.5. The molecule has 9 heteroatoms. The predicted molar refractivity (Wildman–Crippen MR) is 83.2 cm³/mol. The van der Waals surface area contributed by atoms with Crippen molar-refractivity contribution in [2.24, 2.45) is 10.7 Å². The van der Waals surface area contributed by atoms with Crippen molar-refractivity contribution in [3.8, 4) is 0 Å². The van der Waals surface area contributed by atoms with Crippen molar-refractivity contribution in [1.82, 2.24) is 14.9 Å². The molecule has 0 amide bonds. The van der Waals surface area contributed by atoms with Gasteiger partial charge in [0.2, 0.25) is 5.28 Å². The Morgan fingerprint density at radius 3 is 2.61 bits per heavy atom. The van der Waals surface area contributed by atoms with Crippen LogP contribution < -0.4 is 5.73 Å². The maximum atomic E-state index is 12.8. The van der Waals surface area contributed by atoms with E-state index in [1.165, 1.54) is 6.21 Å². The Labute approximate surface area is 137 Å². The normalized spacial score (nSPS) is 18.7. The lowest BCUT2D eigenvalue weighted by molar-refractivity contribution is -0.141. The number of aromatic nitrogens is 2. The number of piperidine rings is 1. The summed E-state index contributed by atoms with van der Waals surface area (Å²) in [6, 6.07) is 0.936. The van der Waals surface area contributed by atoms with Crippen LogP contribution in [-0.4, -0.2) is 47.3 Å². The molecule has 0 bridgehead atoms. The fourth-order valence-electron chi connectivity index (χ4n) is 2.24. The highest BCUT2D eigenvalue weighted by molar-refractivity contribution is 6.28. The Morgan fingerprint density at radius 2 is 2.04 bits per heavy atom. The van der Waals surface area contributed by atoms with Gasteiger partial charge in [0.1, 0.15) is 5.69 Å². The van der Waals surface area contributed by atoms with Crippen molar-refractivity contribution in [1.29, 1.82) is 0 Å². The van der Waals surface area contributed by atoms with E-state index in [2.05, 4.69) is 19.9 Å². The Kier molecular flexibility index (Phi) is 5.59. The summed E-state index contributed by atoms with van der Waals surface area (Å²) in [5, 5.41) is -0.484. The van der Waals surface area contributed by atoms with Crippen LogP contribution in [0.5, 0.6) is 0 Å². The second kappa shape index (κ2) is 7.27. The first kappa shape index (κ1) is 17.7. The Bertz CT molecular complexity index is 607. The standard InChI is InChI=1S/C14H17ClF3N5/c1-23-4-2-10(3-5-23)20-8-9(7-19)11-6-12(14(16,17)18)22-13(15)21-11/h6-8,10H,2-5,19H2,1H3. The van der Waals surface area contributed by atoms with Gasteiger partial charge >= 0.3 is 6.18 Å². The average Bonchev–Trinajstić information content (AvgIpc) is 2.48. The van der Waals surface area contributed by atoms with Gasteiger partial charge in [0.05, 0.1) is 11.7 Å². The molecule has 0 atom stereocenters. The summed E-state index contributed by atoms with van der Waals surface area (Å²) in [5.74, 6) is 0. The highest BCUT2D eigenvalue weighted by Crippen LogP contribution is 2.29. The summed E-state index contributed by atoms with van der Waals surface area (Å²) in [4.78, 5) is 13.6. The number of aliphatic imine (C=N–C) groups is 1. The topological polar surface area (TPSA) is 67.4 Å². The van der Waals surface area contributed by atoms with Crippen molar-refractivity contribution in [2.45, 2.75) is 25.1 Å². The van der Waals surface area contributed by atoms with Gasteiger partial charge < -0.3 is 10.6 Å². The van der Waals surface area contributed by atoms with Crippen LogP contribution in [0, 0.1) is 0 Å². The van der Waals surface area contributed by atoms with Gasteiger partial charge in [0.15, 0.2) is 0 Å². The van der Waals surface area contributed by atoms with E-state index in [9.17, 15) is 13.2 Å². The van der Waals surface area contributed by atoms with E-state index in [1.807, 2.05) is 7.05 Å². The maximum Gasteiger partial charge on any atom is 0.433 e. The SMILES string of the molecule is CN1CCC(N=CC(=CN)c2cc(C(F)(F)F)nc(Cl)n2)CC1. The molecule has 2 rings (SSSR count). The quantitative estimate of drug-likeness (QED) is 0.674. The van der Waals surface area contributed by atoms with Crippen molar-refractivity contribution >= 4 is 23.4 Å². The molecule has 0 aliphatic carbocycles. The third-order valence-electron chi connectivity index (χ3n) is 3.58. The zero-order valence-corrected chi connectivity index (χ0v) is 13.3. The summed E-state index contributed by atoms with van der Waals surface area (Å²) in [6.45, 7) is 1.86. The number of nitrogens with zero attached hydrogens (tertiary/aromatic N) is 4. The minimum Gasteiger partial charge on any atom is -0.404 e. The zero-order chi connectivity index (χ0) is 17.0. The second-order valence-electron chi connectivity index (χ2n) is 5.34. The largest absolute Gasteiger partial charge is 0.433 e. The van der Waals surface area contributed by atoms with Crippen LogP contribution in [0.4, 0.5) is 13.2 Å². The first-order valence-corrected chi connectivity index (χ1v) is 7.43. The minimum absolute atomic E-state index is 0.00324. The Balaban J connectivity index is 2.20. The van der Waals surface area contributed by atoms with Gasteiger partial charge in [-0.1, -0.05) is 0 Å². The first-order chi connectivity index (χ1) is 10.8. The van der Waals surface area contributed by atoms with Crippen LogP contribution in [0.25, 0.3) is 5.57 Å². The van der Waals surface area contributed by atoms with Crippen LogP contribution in [0.2, 0.25) is 5.28 Å². The van der Waals surface area contributed by atoms with Crippen LogP contribution in [0.3, 0.4) is 0 Å². The van der Waals surface area contributed by atoms with E-state index in [0.717, 1.165) is 38.2 Å². The highest BCUT2D eigenvalue weighted by Gasteiger charge is 2.33. The monoisotopic (exact) mass is 347 g/mol. The molecule has 2 N–H and O–H groups in total. The maximum absolute atomic E-state index is 12.8. The number of nitrogens with two attached hydrogens (primary N) is 1. The summed E-state index contributed by atoms with van der Waals surface area (Å²) in [7, 11) is 2.03. The van der Waals surface area contributed by atoms with Crippen LogP contribution in [0.1, 0.15) is 24.2 Å². The van der Waals surface area contributed by atoms with Gasteiger partial charge in [-0.2, -0.15) is 13.2 Å². The third-order valence-corrected chi connectivity index (χ3v) is 3.75. The van der Waals surface area contributed by atoms with Gasteiger partial charge in [-0.25, -0.2) is 9.97 Å². The molecule has 1 aromatic heterocycles. The predicted octanol–water partition coefficient (Wildman–Crippen LogP) is 2.61. The molecular weight excluding hydrogens is 331 g/mol. The molecule has 2 heterocycles. The Morgan fingerprint density at radius 1 is 1.39 bits per heavy atom. The summed E-state index contributed by atoms with van der Waals surface area (Å²) >= 11 is 5.58. The molecule has 0 aromatic carbocycles. The van der Waals surface area contributed by atoms with Crippen molar-refractivity contribution < 1.29 is 13.2 Å². The lowest BCUT2D eigenvalue weighted by atomic mass is 10.1. The van der Waals surface area contributed by atoms with E-state index in [1.54, 1.807) is 0 Å². The van der Waals surface area contributed by atoms with Crippen LogP contribution in [0.15, 0.2) is 17.3 Å². The molecule has 1 aliphatic heterocycles. The summed E-state index contributed by atoms with van der Waals surface area (Å²) < 4.78 is 38.4. The molecule has 1 aliphatic rings. The third kappa shape index (κ3) is 4.90. The molecule has 1 fully saturated rings. The van der Waals surface area contributed by atoms with Crippen molar-refractivity contribution in [3.05, 3.63) is 28.9 Å². The number of hydrogen-bond acceptors (Lipinski definition) is 5. The Hall–Kier alpha value is -1.67. The molecule has 23 heavy (non-hydrogen) atoms. The van der Waals surface area contributed by atoms with Gasteiger partial charge in [0, 0.05) is 18.0 Å². The number of likely N-dealkylation sites (tertiary alicyclic amines) is 1. The van der Waals surface area contributed by atoms with Crippen molar-refractivity contribution in [2.75, 3.05) is 20.1 Å². The fraction of sp³-hybridized carbons (Fsp3) is 0.500. The number of allylic oxidation sites excluding steroid dienone is 1. The van der Waals surface area contributed by atoms with Crippen LogP contribution >= 0.6 is 11.6 Å². The fourth-order valence-corrected chi connectivity index (χ4v) is 2.42. The molecule has 0 unspecified atom stereocenters. The molecule has 0 saturated carbocycles. The van der Waals surface area contributed by atoms with E-state index in [0.29, 0.717) is 0 Å². The lowest BCUT2D eigenvalue weighted by Gasteiger charge is -2.26. The summed E-state index contributed by atoms with van der Waals surface area (Å²) in [5.41, 5.74) is 4.67. The number of hydrogen-bond donors (Lipinski definition) is 1. The van der Waals surface area contributed by atoms with Crippen molar-refractivity contribution in [3.63, 3.8) is 0 Å². The van der Waals surface area contributed by atoms with E-state index >= 15 is 0 Å². The van der Waals surface area contributed by atoms with Gasteiger partial charge in [-0.3, -0.25) is 4.99 Å². The molecule has 1 saturated heterocycles. The molecule has 0 spiro atoms. The number of rotatable bonds is 3. The molecule has 126 valence electrons.